The third-order valence-electron chi connectivity index (χ3n) is 6.20. The zero-order valence-electron chi connectivity index (χ0n) is 20.3. The molecule has 2 N–H and O–H groups in total. The number of nitrogens with zero attached hydrogens (tertiary/aromatic N) is 1. The Morgan fingerprint density at radius 3 is 2.25 bits per heavy atom. The van der Waals surface area contributed by atoms with Crippen molar-refractivity contribution in [3.05, 3.63) is 101 Å². The van der Waals surface area contributed by atoms with E-state index in [0.29, 0.717) is 35.3 Å². The number of amides is 1. The van der Waals surface area contributed by atoms with Crippen LogP contribution in [0.2, 0.25) is 0 Å². The first-order valence-electron chi connectivity index (χ1n) is 11.7. The Bertz CT molecular complexity index is 1420. The van der Waals surface area contributed by atoms with Crippen LogP contribution in [0, 0.1) is 0 Å². The van der Waals surface area contributed by atoms with E-state index in [1.807, 2.05) is 47.9 Å². The minimum Gasteiger partial charge on any atom is -0.481 e. The Morgan fingerprint density at radius 2 is 1.58 bits per heavy atom. The maximum Gasteiger partial charge on any atom is 0.343 e. The molecule has 0 saturated carbocycles. The molecular formula is C29H28N2O5. The summed E-state index contributed by atoms with van der Waals surface area (Å²) >= 11 is 0. The molecule has 0 aliphatic rings. The first-order chi connectivity index (χ1) is 17.4. The second-order valence-electron chi connectivity index (χ2n) is 8.40. The molecule has 36 heavy (non-hydrogen) atoms. The molecule has 1 aromatic heterocycles. The lowest BCUT2D eigenvalue weighted by molar-refractivity contribution is -0.142. The highest BCUT2D eigenvalue weighted by molar-refractivity contribution is 6.45. The summed E-state index contributed by atoms with van der Waals surface area (Å²) in [6.07, 6.45) is 1.25. The van der Waals surface area contributed by atoms with Gasteiger partial charge in [-0.2, -0.15) is 0 Å². The zero-order chi connectivity index (χ0) is 25.7. The van der Waals surface area contributed by atoms with E-state index in [1.54, 1.807) is 12.1 Å². The molecule has 7 heteroatoms. The van der Waals surface area contributed by atoms with Gasteiger partial charge in [0.05, 0.1) is 23.6 Å². The summed E-state index contributed by atoms with van der Waals surface area (Å²) in [5, 5.41) is 0.461. The standard InChI is InChI=1S/C29H28N2O5/c1-3-22-27(28(33)29(30)34)26-23(14-9-15-24(26)36-18-25(32)35-2)31(22)17-21-13-8-7-12-20(21)16-19-10-5-4-6-11-19/h4-15H,3,16-18H2,1-2H3,(H2,30,34). The number of carbonyl (C=O) groups is 3. The number of nitrogens with two attached hydrogens (primary N) is 1. The van der Waals surface area contributed by atoms with E-state index in [-0.39, 0.29) is 12.2 Å². The molecular weight excluding hydrogens is 456 g/mol. The van der Waals surface area contributed by atoms with Gasteiger partial charge in [-0.1, -0.05) is 67.6 Å². The van der Waals surface area contributed by atoms with Crippen LogP contribution >= 0.6 is 0 Å². The molecule has 4 aromatic rings. The number of ether oxygens (including phenoxy) is 2. The fraction of sp³-hybridized carbons (Fsp3) is 0.207. The highest BCUT2D eigenvalue weighted by atomic mass is 16.6. The summed E-state index contributed by atoms with van der Waals surface area (Å²) in [5.74, 6) is -2.08. The molecule has 1 heterocycles. The molecule has 0 atom stereocenters. The van der Waals surface area contributed by atoms with Gasteiger partial charge in [0.1, 0.15) is 5.75 Å². The zero-order valence-corrected chi connectivity index (χ0v) is 20.3. The molecule has 3 aromatic carbocycles. The molecule has 7 nitrogen and oxygen atoms in total. The molecule has 0 aliphatic carbocycles. The van der Waals surface area contributed by atoms with Crippen molar-refractivity contribution in [2.24, 2.45) is 5.73 Å². The predicted octanol–water partition coefficient (Wildman–Crippen LogP) is 4.06. The Hall–Kier alpha value is -4.39. The number of Topliss-reactive ketones (excluding diaryl/α,β-unsaturated/α-hetero) is 1. The number of primary amides is 1. The van der Waals surface area contributed by atoms with E-state index in [4.69, 9.17) is 10.5 Å². The Balaban J connectivity index is 1.86. The van der Waals surface area contributed by atoms with Gasteiger partial charge >= 0.3 is 5.97 Å². The number of aromatic nitrogens is 1. The lowest BCUT2D eigenvalue weighted by Crippen LogP contribution is -2.24. The molecule has 0 fully saturated rings. The highest BCUT2D eigenvalue weighted by Crippen LogP contribution is 2.35. The van der Waals surface area contributed by atoms with E-state index in [0.717, 1.165) is 17.5 Å². The minimum absolute atomic E-state index is 0.209. The van der Waals surface area contributed by atoms with Crippen LogP contribution in [-0.4, -0.2) is 35.9 Å². The van der Waals surface area contributed by atoms with Crippen molar-refractivity contribution >= 4 is 28.6 Å². The van der Waals surface area contributed by atoms with Crippen LogP contribution < -0.4 is 10.5 Å². The van der Waals surface area contributed by atoms with Crippen LogP contribution in [-0.2, 0) is 33.7 Å². The molecule has 0 unspecified atom stereocenters. The fourth-order valence-corrected chi connectivity index (χ4v) is 4.52. The number of carbonyl (C=O) groups excluding carboxylic acids is 3. The fourth-order valence-electron chi connectivity index (χ4n) is 4.52. The van der Waals surface area contributed by atoms with Crippen LogP contribution in [0.1, 0.15) is 39.7 Å². The van der Waals surface area contributed by atoms with E-state index in [1.165, 1.54) is 12.7 Å². The second kappa shape index (κ2) is 10.9. The quantitative estimate of drug-likeness (QED) is 0.208. The number of hydrogen-bond donors (Lipinski definition) is 1. The van der Waals surface area contributed by atoms with E-state index in [2.05, 4.69) is 29.0 Å². The van der Waals surface area contributed by atoms with Crippen molar-refractivity contribution in [2.75, 3.05) is 13.7 Å². The van der Waals surface area contributed by atoms with Crippen molar-refractivity contribution in [1.82, 2.24) is 4.57 Å². The average Bonchev–Trinajstić information content (AvgIpc) is 3.22. The highest BCUT2D eigenvalue weighted by Gasteiger charge is 2.27. The summed E-state index contributed by atoms with van der Waals surface area (Å²) in [6, 6.07) is 23.7. The SMILES string of the molecule is CCc1c(C(=O)C(N)=O)c2c(OCC(=O)OC)cccc2n1Cc1ccccc1Cc1ccccc1. The van der Waals surface area contributed by atoms with Gasteiger partial charge in [-0.15, -0.1) is 0 Å². The van der Waals surface area contributed by atoms with Gasteiger partial charge in [-0.3, -0.25) is 9.59 Å². The molecule has 0 radical (unpaired) electrons. The lowest BCUT2D eigenvalue weighted by Gasteiger charge is -2.15. The van der Waals surface area contributed by atoms with Crippen molar-refractivity contribution < 1.29 is 23.9 Å². The van der Waals surface area contributed by atoms with Crippen LogP contribution in [0.4, 0.5) is 0 Å². The second-order valence-corrected chi connectivity index (χ2v) is 8.40. The summed E-state index contributed by atoms with van der Waals surface area (Å²) in [5.41, 5.74) is 10.5. The number of fused-ring (bicyclic) bond motifs is 1. The van der Waals surface area contributed by atoms with Gasteiger partial charge in [-0.05, 0) is 41.7 Å². The number of esters is 1. The number of methoxy groups -OCH3 is 1. The molecule has 4 rings (SSSR count). The van der Waals surface area contributed by atoms with Crippen LogP contribution in [0.15, 0.2) is 72.8 Å². The monoisotopic (exact) mass is 484 g/mol. The van der Waals surface area contributed by atoms with Crippen LogP contribution in [0.25, 0.3) is 10.9 Å². The molecule has 0 spiro atoms. The maximum absolute atomic E-state index is 13.0. The first-order valence-corrected chi connectivity index (χ1v) is 11.7. The third kappa shape index (κ3) is 5.00. The van der Waals surface area contributed by atoms with Crippen LogP contribution in [0.3, 0.4) is 0 Å². The third-order valence-corrected chi connectivity index (χ3v) is 6.20. The maximum atomic E-state index is 13.0. The van der Waals surface area contributed by atoms with Crippen LogP contribution in [0.5, 0.6) is 5.75 Å². The average molecular weight is 485 g/mol. The number of ketones is 1. The molecule has 0 bridgehead atoms. The summed E-state index contributed by atoms with van der Waals surface area (Å²) < 4.78 is 12.4. The van der Waals surface area contributed by atoms with Gasteiger partial charge in [0, 0.05) is 12.2 Å². The van der Waals surface area contributed by atoms with Gasteiger partial charge < -0.3 is 19.8 Å². The van der Waals surface area contributed by atoms with Crippen molar-refractivity contribution in [1.29, 1.82) is 0 Å². The van der Waals surface area contributed by atoms with E-state index < -0.39 is 17.7 Å². The molecule has 0 saturated heterocycles. The van der Waals surface area contributed by atoms with Crippen molar-refractivity contribution in [2.45, 2.75) is 26.3 Å². The number of benzene rings is 3. The lowest BCUT2D eigenvalue weighted by atomic mass is 9.99. The number of rotatable bonds is 10. The summed E-state index contributed by atoms with van der Waals surface area (Å²) in [6.45, 7) is 2.08. The van der Waals surface area contributed by atoms with Crippen molar-refractivity contribution in [3.8, 4) is 5.75 Å². The normalized spacial score (nSPS) is 10.8. The minimum atomic E-state index is -1.05. The number of hydrogen-bond acceptors (Lipinski definition) is 5. The molecule has 184 valence electrons. The molecule has 0 aliphatic heterocycles. The Kier molecular flexibility index (Phi) is 7.49. The van der Waals surface area contributed by atoms with Gasteiger partial charge in [0.15, 0.2) is 6.61 Å². The van der Waals surface area contributed by atoms with Crippen molar-refractivity contribution in [3.63, 3.8) is 0 Å². The largest absolute Gasteiger partial charge is 0.481 e. The topological polar surface area (TPSA) is 101 Å². The molecule has 1 amide bonds. The first kappa shape index (κ1) is 24.7. The van der Waals surface area contributed by atoms with E-state index >= 15 is 0 Å². The smallest absolute Gasteiger partial charge is 0.343 e. The summed E-state index contributed by atoms with van der Waals surface area (Å²) in [7, 11) is 1.27. The predicted molar refractivity (Wildman–Crippen MR) is 137 cm³/mol. The van der Waals surface area contributed by atoms with Gasteiger partial charge in [-0.25, -0.2) is 4.79 Å². The van der Waals surface area contributed by atoms with Gasteiger partial charge in [0.2, 0.25) is 0 Å². The van der Waals surface area contributed by atoms with Gasteiger partial charge in [0.25, 0.3) is 11.7 Å². The summed E-state index contributed by atoms with van der Waals surface area (Å²) in [4.78, 5) is 36.7. The van der Waals surface area contributed by atoms with E-state index in [9.17, 15) is 14.4 Å². The Labute approximate surface area is 209 Å². The Morgan fingerprint density at radius 1 is 0.889 bits per heavy atom.